The van der Waals surface area contributed by atoms with Crippen LogP contribution in [0.3, 0.4) is 0 Å². The van der Waals surface area contributed by atoms with Crippen LogP contribution in [0, 0.1) is 5.41 Å². The number of ether oxygens (including phenoxy) is 1. The van der Waals surface area contributed by atoms with Crippen LogP contribution in [0.1, 0.15) is 30.7 Å². The van der Waals surface area contributed by atoms with Crippen molar-refractivity contribution in [3.63, 3.8) is 0 Å². The number of halogens is 3. The van der Waals surface area contributed by atoms with E-state index in [4.69, 9.17) is 4.74 Å². The number of piperidine rings is 1. The lowest BCUT2D eigenvalue weighted by Crippen LogP contribution is -2.50. The minimum absolute atomic E-state index is 0.000189. The van der Waals surface area contributed by atoms with Crippen molar-refractivity contribution >= 4 is 28.5 Å². The van der Waals surface area contributed by atoms with Crippen molar-refractivity contribution < 1.29 is 27.5 Å². The third kappa shape index (κ3) is 6.25. The molecule has 2 aliphatic rings. The number of carbonyl (C=O) groups excluding carboxylic acids is 2. The Morgan fingerprint density at radius 3 is 2.72 bits per heavy atom. The molecule has 1 fully saturated rings. The molecule has 3 aromatic rings. The van der Waals surface area contributed by atoms with Gasteiger partial charge in [0.25, 0.3) is 0 Å². The molecular weight excluding hydrogens is 511 g/mol. The van der Waals surface area contributed by atoms with E-state index in [2.05, 4.69) is 32.8 Å². The van der Waals surface area contributed by atoms with E-state index >= 15 is 0 Å². The zero-order chi connectivity index (χ0) is 27.5. The van der Waals surface area contributed by atoms with Gasteiger partial charge in [-0.2, -0.15) is 13.2 Å². The standard InChI is InChI=1S/C28H30F3N5O3/c29-28(30,31)25-34-21-9-8-20(17-22(21)35-25)33-24(37)18-36-14-11-27(12-15-36)10-4-3-6-19-5-1-2-7-23(19)39-16-13-32-26(27)38/h1-5,7-9,17H,6,10-16,18H2,(H,32,38)(H,33,37)(H,34,35)/b4-3+. The first kappa shape index (κ1) is 26.7. The summed E-state index contributed by atoms with van der Waals surface area (Å²) >= 11 is 0. The van der Waals surface area contributed by atoms with Gasteiger partial charge in [0.2, 0.25) is 17.6 Å². The molecule has 1 aromatic heterocycles. The first-order valence-corrected chi connectivity index (χ1v) is 13.0. The highest BCUT2D eigenvalue weighted by atomic mass is 19.4. The highest BCUT2D eigenvalue weighted by molar-refractivity contribution is 5.94. The van der Waals surface area contributed by atoms with Crippen molar-refractivity contribution in [2.24, 2.45) is 5.41 Å². The van der Waals surface area contributed by atoms with Crippen molar-refractivity contribution in [3.8, 4) is 5.75 Å². The molecule has 2 amide bonds. The summed E-state index contributed by atoms with van der Waals surface area (Å²) in [6, 6.07) is 12.3. The normalized spacial score (nSPS) is 19.3. The van der Waals surface area contributed by atoms with Crippen molar-refractivity contribution in [2.45, 2.75) is 31.9 Å². The number of anilines is 1. The minimum Gasteiger partial charge on any atom is -0.491 e. The van der Waals surface area contributed by atoms with Crippen molar-refractivity contribution in [3.05, 3.63) is 66.0 Å². The number of para-hydroxylation sites is 1. The molecule has 2 aromatic carbocycles. The molecule has 0 aliphatic carbocycles. The van der Waals surface area contributed by atoms with Crippen LogP contribution in [0.5, 0.6) is 5.75 Å². The van der Waals surface area contributed by atoms with Gasteiger partial charge in [-0.3, -0.25) is 14.5 Å². The van der Waals surface area contributed by atoms with E-state index in [1.54, 1.807) is 0 Å². The van der Waals surface area contributed by atoms with E-state index in [0.29, 0.717) is 51.2 Å². The third-order valence-corrected chi connectivity index (χ3v) is 7.33. The van der Waals surface area contributed by atoms with Gasteiger partial charge in [0.1, 0.15) is 12.4 Å². The Morgan fingerprint density at radius 1 is 1.13 bits per heavy atom. The van der Waals surface area contributed by atoms with Gasteiger partial charge in [-0.15, -0.1) is 0 Å². The number of rotatable bonds is 3. The molecule has 0 unspecified atom stereocenters. The van der Waals surface area contributed by atoms with Gasteiger partial charge in [-0.1, -0.05) is 30.4 Å². The number of amides is 2. The number of hydrogen-bond acceptors (Lipinski definition) is 5. The summed E-state index contributed by atoms with van der Waals surface area (Å²) in [5.74, 6) is -0.528. The number of allylic oxidation sites excluding steroid dienone is 2. The summed E-state index contributed by atoms with van der Waals surface area (Å²) in [7, 11) is 0. The Labute approximate surface area is 223 Å². The van der Waals surface area contributed by atoms with Crippen LogP contribution in [-0.4, -0.2) is 59.5 Å². The lowest BCUT2D eigenvalue weighted by Gasteiger charge is -2.40. The van der Waals surface area contributed by atoms with Gasteiger partial charge < -0.3 is 20.4 Å². The number of aromatic amines is 1. The van der Waals surface area contributed by atoms with Crippen LogP contribution in [0.2, 0.25) is 0 Å². The SMILES string of the molecule is O=C(CN1CCC2(C/C=C/Cc3ccccc3OCCNC2=O)CC1)Nc1ccc2nc(C(F)(F)F)[nH]c2c1. The Balaban J connectivity index is 1.18. The van der Waals surface area contributed by atoms with E-state index in [-0.39, 0.29) is 29.4 Å². The Kier molecular flexibility index (Phi) is 7.60. The second kappa shape index (κ2) is 11.1. The molecule has 3 heterocycles. The monoisotopic (exact) mass is 541 g/mol. The molecule has 8 nitrogen and oxygen atoms in total. The number of nitrogens with zero attached hydrogens (tertiary/aromatic N) is 2. The summed E-state index contributed by atoms with van der Waals surface area (Å²) in [6.07, 6.45) is 2.12. The number of benzene rings is 2. The van der Waals surface area contributed by atoms with Crippen molar-refractivity contribution in [1.82, 2.24) is 20.2 Å². The van der Waals surface area contributed by atoms with Crippen LogP contribution in [0.15, 0.2) is 54.6 Å². The average molecular weight is 542 g/mol. The molecule has 0 saturated carbocycles. The van der Waals surface area contributed by atoms with Crippen molar-refractivity contribution in [1.29, 1.82) is 0 Å². The van der Waals surface area contributed by atoms with Gasteiger partial charge in [-0.25, -0.2) is 4.98 Å². The number of alkyl halides is 3. The largest absolute Gasteiger partial charge is 0.491 e. The van der Waals surface area contributed by atoms with Gasteiger partial charge in [0.05, 0.1) is 29.5 Å². The number of carbonyl (C=O) groups is 2. The highest BCUT2D eigenvalue weighted by Gasteiger charge is 2.40. The molecule has 1 spiro atoms. The molecule has 0 radical (unpaired) electrons. The van der Waals surface area contributed by atoms with Crippen LogP contribution >= 0.6 is 0 Å². The van der Waals surface area contributed by atoms with E-state index in [1.807, 2.05) is 29.2 Å². The van der Waals surface area contributed by atoms with Crippen LogP contribution < -0.4 is 15.4 Å². The number of fused-ring (bicyclic) bond motifs is 2. The van der Waals surface area contributed by atoms with Gasteiger partial charge in [0, 0.05) is 5.69 Å². The lowest BCUT2D eigenvalue weighted by atomic mass is 9.74. The van der Waals surface area contributed by atoms with Crippen LogP contribution in [-0.2, 0) is 22.2 Å². The minimum atomic E-state index is -4.58. The number of hydrogen-bond donors (Lipinski definition) is 3. The van der Waals surface area contributed by atoms with Gasteiger partial charge in [0.15, 0.2) is 0 Å². The second-order valence-electron chi connectivity index (χ2n) is 10.0. The van der Waals surface area contributed by atoms with E-state index in [0.717, 1.165) is 17.7 Å². The zero-order valence-corrected chi connectivity index (χ0v) is 21.3. The molecule has 2 aliphatic heterocycles. The van der Waals surface area contributed by atoms with Crippen LogP contribution in [0.4, 0.5) is 18.9 Å². The quantitative estimate of drug-likeness (QED) is 0.430. The molecule has 0 bridgehead atoms. The number of nitrogens with one attached hydrogen (secondary N) is 3. The zero-order valence-electron chi connectivity index (χ0n) is 21.3. The third-order valence-electron chi connectivity index (χ3n) is 7.33. The Hall–Kier alpha value is -3.86. The van der Waals surface area contributed by atoms with E-state index < -0.39 is 17.4 Å². The molecule has 39 heavy (non-hydrogen) atoms. The van der Waals surface area contributed by atoms with Crippen LogP contribution in [0.25, 0.3) is 11.0 Å². The van der Waals surface area contributed by atoms with Crippen molar-refractivity contribution in [2.75, 3.05) is 38.1 Å². The van der Waals surface area contributed by atoms with E-state index in [1.165, 1.54) is 18.2 Å². The fourth-order valence-corrected chi connectivity index (χ4v) is 5.13. The number of imidazole rings is 1. The summed E-state index contributed by atoms with van der Waals surface area (Å²) in [6.45, 7) is 2.06. The number of aromatic nitrogens is 2. The number of H-pyrrole nitrogens is 1. The maximum Gasteiger partial charge on any atom is 0.449 e. The Bertz CT molecular complexity index is 1380. The first-order chi connectivity index (χ1) is 18.7. The lowest BCUT2D eigenvalue weighted by molar-refractivity contribution is -0.144. The highest BCUT2D eigenvalue weighted by Crippen LogP contribution is 2.36. The molecule has 11 heteroatoms. The first-order valence-electron chi connectivity index (χ1n) is 13.0. The fourth-order valence-electron chi connectivity index (χ4n) is 5.13. The maximum absolute atomic E-state index is 13.2. The fraction of sp³-hybridized carbons (Fsp3) is 0.393. The summed E-state index contributed by atoms with van der Waals surface area (Å²) in [5.41, 5.74) is 1.29. The maximum atomic E-state index is 13.2. The molecule has 1 saturated heterocycles. The summed E-state index contributed by atoms with van der Waals surface area (Å²) < 4.78 is 44.6. The summed E-state index contributed by atoms with van der Waals surface area (Å²) in [5, 5.41) is 5.78. The average Bonchev–Trinajstić information content (AvgIpc) is 3.34. The Morgan fingerprint density at radius 2 is 1.92 bits per heavy atom. The number of likely N-dealkylation sites (tertiary alicyclic amines) is 1. The molecule has 3 N–H and O–H groups in total. The predicted molar refractivity (Wildman–Crippen MR) is 140 cm³/mol. The van der Waals surface area contributed by atoms with E-state index in [9.17, 15) is 22.8 Å². The van der Waals surface area contributed by atoms with Gasteiger partial charge in [-0.05, 0) is 68.6 Å². The van der Waals surface area contributed by atoms with Gasteiger partial charge >= 0.3 is 6.18 Å². The summed E-state index contributed by atoms with van der Waals surface area (Å²) in [4.78, 5) is 33.7. The second-order valence-corrected chi connectivity index (χ2v) is 10.0. The molecule has 5 rings (SSSR count). The topological polar surface area (TPSA) is 99.3 Å². The predicted octanol–water partition coefficient (Wildman–Crippen LogP) is 4.30. The molecule has 206 valence electrons. The molecule has 0 atom stereocenters. The smallest absolute Gasteiger partial charge is 0.449 e. The molecular formula is C28H30F3N5O3.